The number of ketones is 1. The highest BCUT2D eigenvalue weighted by Crippen LogP contribution is 2.26. The van der Waals surface area contributed by atoms with Gasteiger partial charge in [-0.15, -0.1) is 0 Å². The molecule has 5 aromatic rings. The zero-order valence-corrected chi connectivity index (χ0v) is 17.3. The smallest absolute Gasteiger partial charge is 0.344 e. The number of Topliss-reactive ketones (excluding diaryl/α,β-unsaturated/α-hetero) is 1. The molecule has 3 aromatic carbocycles. The van der Waals surface area contributed by atoms with E-state index in [2.05, 4.69) is 0 Å². The highest BCUT2D eigenvalue weighted by Gasteiger charge is 2.26. The van der Waals surface area contributed by atoms with E-state index in [0.717, 1.165) is 10.9 Å². The van der Waals surface area contributed by atoms with Gasteiger partial charge in [0.15, 0.2) is 12.6 Å². The maximum atomic E-state index is 12.9. The van der Waals surface area contributed by atoms with Gasteiger partial charge < -0.3 is 4.42 Å². The van der Waals surface area contributed by atoms with Gasteiger partial charge in [0.2, 0.25) is 12.1 Å². The third-order valence-corrected chi connectivity index (χ3v) is 5.51. The fourth-order valence-electron chi connectivity index (χ4n) is 3.95. The molecule has 2 heterocycles. The first kappa shape index (κ1) is 19.7. The summed E-state index contributed by atoms with van der Waals surface area (Å²) in [6, 6.07) is 28.0. The largest absolute Gasteiger partial charge is 0.422 e. The molecule has 0 aliphatic carbocycles. The van der Waals surface area contributed by atoms with Crippen molar-refractivity contribution >= 4 is 16.8 Å². The van der Waals surface area contributed by atoms with Crippen molar-refractivity contribution in [3.63, 3.8) is 0 Å². The van der Waals surface area contributed by atoms with Gasteiger partial charge in [-0.25, -0.2) is 13.9 Å². The normalized spacial score (nSPS) is 12.0. The summed E-state index contributed by atoms with van der Waals surface area (Å²) < 4.78 is 9.38. The molecule has 1 unspecified atom stereocenters. The maximum absolute atomic E-state index is 12.9. The lowest BCUT2D eigenvalue weighted by atomic mass is 9.99. The van der Waals surface area contributed by atoms with Crippen LogP contribution in [0.2, 0.25) is 0 Å². The average molecular weight is 421 g/mol. The number of carbonyl (C=O) groups excluding carboxylic acids is 1. The molecule has 0 aliphatic rings. The molecule has 0 saturated heterocycles. The van der Waals surface area contributed by atoms with E-state index in [0.29, 0.717) is 16.7 Å². The first-order chi connectivity index (χ1) is 15.7. The van der Waals surface area contributed by atoms with Crippen LogP contribution in [0, 0.1) is 0 Å². The third-order valence-electron chi connectivity index (χ3n) is 5.51. The minimum absolute atomic E-state index is 0.0230. The zero-order chi connectivity index (χ0) is 21.9. The number of para-hydroxylation sites is 1. The molecule has 0 amide bonds. The Hall–Kier alpha value is -4.25. The number of hydrogen-bond donors (Lipinski definition) is 0. The van der Waals surface area contributed by atoms with Crippen LogP contribution in [-0.4, -0.2) is 10.4 Å². The number of imidazole rings is 1. The van der Waals surface area contributed by atoms with Gasteiger partial charge in [0.05, 0.1) is 5.56 Å². The summed E-state index contributed by atoms with van der Waals surface area (Å²) in [6.45, 7) is 0.213. The van der Waals surface area contributed by atoms with E-state index >= 15 is 0 Å². The Bertz CT molecular complexity index is 1440. The maximum Gasteiger partial charge on any atom is 0.344 e. The minimum atomic E-state index is -0.384. The molecule has 2 aromatic heterocycles. The zero-order valence-electron chi connectivity index (χ0n) is 17.3. The topological polar surface area (TPSA) is 56.1 Å². The lowest BCUT2D eigenvalue weighted by Crippen LogP contribution is -2.36. The molecule has 0 saturated carbocycles. The Balaban J connectivity index is 1.55. The first-order valence-electron chi connectivity index (χ1n) is 10.4. The molecule has 0 radical (unpaired) electrons. The van der Waals surface area contributed by atoms with Crippen molar-refractivity contribution in [2.75, 3.05) is 0 Å². The van der Waals surface area contributed by atoms with Gasteiger partial charge in [-0.1, -0.05) is 78.9 Å². The molecule has 5 rings (SSSR count). The second-order valence-corrected chi connectivity index (χ2v) is 7.66. The van der Waals surface area contributed by atoms with Crippen molar-refractivity contribution in [3.8, 4) is 0 Å². The molecule has 5 nitrogen and oxygen atoms in total. The molecule has 5 heteroatoms. The van der Waals surface area contributed by atoms with Crippen molar-refractivity contribution in [2.24, 2.45) is 0 Å². The SMILES string of the molecule is O=C(C[n+]1ccn(C(c2ccccc2)c2cc3ccccc3oc2=O)c1)c1ccccc1. The average Bonchev–Trinajstić information content (AvgIpc) is 3.28. The van der Waals surface area contributed by atoms with Gasteiger partial charge in [-0.3, -0.25) is 4.79 Å². The molecule has 0 aliphatic heterocycles. The minimum Gasteiger partial charge on any atom is -0.422 e. The number of benzene rings is 3. The van der Waals surface area contributed by atoms with E-state index in [4.69, 9.17) is 4.42 Å². The van der Waals surface area contributed by atoms with Gasteiger partial charge in [0.1, 0.15) is 18.0 Å². The summed E-state index contributed by atoms with van der Waals surface area (Å²) >= 11 is 0. The number of fused-ring (bicyclic) bond motifs is 1. The van der Waals surface area contributed by atoms with Crippen LogP contribution in [-0.2, 0) is 6.54 Å². The summed E-state index contributed by atoms with van der Waals surface area (Å²) in [7, 11) is 0. The fourth-order valence-corrected chi connectivity index (χ4v) is 3.95. The number of nitrogens with zero attached hydrogens (tertiary/aromatic N) is 2. The van der Waals surface area contributed by atoms with Crippen LogP contribution >= 0.6 is 0 Å². The summed E-state index contributed by atoms with van der Waals surface area (Å²) in [5.41, 5.74) is 2.34. The van der Waals surface area contributed by atoms with Crippen molar-refractivity contribution < 1.29 is 13.8 Å². The Morgan fingerprint density at radius 1 is 0.906 bits per heavy atom. The predicted molar refractivity (Wildman–Crippen MR) is 122 cm³/mol. The van der Waals surface area contributed by atoms with Crippen molar-refractivity contribution in [2.45, 2.75) is 12.6 Å². The van der Waals surface area contributed by atoms with E-state index in [-0.39, 0.29) is 24.0 Å². The highest BCUT2D eigenvalue weighted by molar-refractivity contribution is 5.94. The number of hydrogen-bond acceptors (Lipinski definition) is 3. The fraction of sp³-hybridized carbons (Fsp3) is 0.0741. The first-order valence-corrected chi connectivity index (χ1v) is 10.4. The van der Waals surface area contributed by atoms with Crippen molar-refractivity contribution in [1.82, 2.24) is 4.57 Å². The predicted octanol–water partition coefficient (Wildman–Crippen LogP) is 4.40. The van der Waals surface area contributed by atoms with Crippen molar-refractivity contribution in [3.05, 3.63) is 137 Å². The number of aromatic nitrogens is 2. The molecule has 1 atom stereocenters. The van der Waals surface area contributed by atoms with Crippen LogP contribution < -0.4 is 10.2 Å². The molecular weight excluding hydrogens is 400 g/mol. The van der Waals surface area contributed by atoms with Crippen LogP contribution in [0.15, 0.2) is 119 Å². The summed E-state index contributed by atoms with van der Waals surface area (Å²) in [5, 5.41) is 0.863. The van der Waals surface area contributed by atoms with E-state index in [9.17, 15) is 9.59 Å². The van der Waals surface area contributed by atoms with Crippen molar-refractivity contribution in [1.29, 1.82) is 0 Å². The van der Waals surface area contributed by atoms with Crippen LogP contribution in [0.4, 0.5) is 0 Å². The number of carbonyl (C=O) groups is 1. The van der Waals surface area contributed by atoms with E-state index in [1.165, 1.54) is 0 Å². The van der Waals surface area contributed by atoms with Crippen LogP contribution in [0.3, 0.4) is 0 Å². The Kier molecular flexibility index (Phi) is 5.22. The van der Waals surface area contributed by atoms with Crippen LogP contribution in [0.1, 0.15) is 27.5 Å². The highest BCUT2D eigenvalue weighted by atomic mass is 16.4. The lowest BCUT2D eigenvalue weighted by molar-refractivity contribution is -0.682. The molecular formula is C27H21N2O3+. The molecule has 156 valence electrons. The Morgan fingerprint density at radius 2 is 1.59 bits per heavy atom. The Labute approximate surface area is 184 Å². The standard InChI is InChI=1S/C27H21N2O3/c30-24(20-9-3-1-4-10-20)18-28-15-16-29(19-28)26(21-11-5-2-6-12-21)23-17-22-13-7-8-14-25(22)32-27(23)31/h1-17,19,26H,18H2/q+1. The molecule has 0 bridgehead atoms. The van der Waals surface area contributed by atoms with E-state index in [1.807, 2.05) is 113 Å². The van der Waals surface area contributed by atoms with Gasteiger partial charge in [0, 0.05) is 16.5 Å². The van der Waals surface area contributed by atoms with E-state index in [1.54, 1.807) is 6.07 Å². The summed E-state index contributed by atoms with van der Waals surface area (Å²) in [5.74, 6) is 0.0230. The monoisotopic (exact) mass is 421 g/mol. The van der Waals surface area contributed by atoms with E-state index < -0.39 is 0 Å². The van der Waals surface area contributed by atoms with Crippen LogP contribution in [0.25, 0.3) is 11.0 Å². The van der Waals surface area contributed by atoms with Gasteiger partial charge in [-0.2, -0.15) is 0 Å². The molecule has 32 heavy (non-hydrogen) atoms. The van der Waals surface area contributed by atoms with Gasteiger partial charge >= 0.3 is 5.63 Å². The summed E-state index contributed by atoms with van der Waals surface area (Å²) in [6.07, 6.45) is 5.58. The number of rotatable bonds is 6. The molecule has 0 N–H and O–H groups in total. The van der Waals surface area contributed by atoms with Gasteiger partial charge in [0.25, 0.3) is 0 Å². The Morgan fingerprint density at radius 3 is 2.38 bits per heavy atom. The third kappa shape index (κ3) is 3.88. The van der Waals surface area contributed by atoms with Crippen LogP contribution in [0.5, 0.6) is 0 Å². The molecule has 0 spiro atoms. The lowest BCUT2D eigenvalue weighted by Gasteiger charge is -2.14. The summed E-state index contributed by atoms with van der Waals surface area (Å²) in [4.78, 5) is 25.6. The van der Waals surface area contributed by atoms with Gasteiger partial charge in [-0.05, 0) is 12.1 Å². The molecule has 0 fully saturated rings. The second-order valence-electron chi connectivity index (χ2n) is 7.66. The quantitative estimate of drug-likeness (QED) is 0.232. The second kappa shape index (κ2) is 8.47.